The molecule has 0 aromatic carbocycles. The fourth-order valence-electron chi connectivity index (χ4n) is 3.26. The van der Waals surface area contributed by atoms with Crippen molar-refractivity contribution in [2.24, 2.45) is 7.05 Å². The van der Waals surface area contributed by atoms with Crippen molar-refractivity contribution < 1.29 is 0 Å². The molecule has 25 heavy (non-hydrogen) atoms. The van der Waals surface area contributed by atoms with Gasteiger partial charge in [-0.2, -0.15) is 0 Å². The van der Waals surface area contributed by atoms with E-state index in [1.807, 2.05) is 18.6 Å². The van der Waals surface area contributed by atoms with Gasteiger partial charge in [0.1, 0.15) is 0 Å². The highest BCUT2D eigenvalue weighted by Crippen LogP contribution is 2.27. The fraction of sp³-hybridized carbons (Fsp3) is 0.526. The van der Waals surface area contributed by atoms with Crippen LogP contribution in [0.3, 0.4) is 0 Å². The molecule has 1 aliphatic heterocycles. The zero-order chi connectivity index (χ0) is 17.6. The van der Waals surface area contributed by atoms with Crippen LogP contribution in [0.15, 0.2) is 35.5 Å². The van der Waals surface area contributed by atoms with E-state index >= 15 is 0 Å². The standard InChI is InChI=1S/C19H27N5O/c1-3-7-20-19-21-12-15(13-22-19)14-24-9-5-16(6-10-24)17-4-8-23(2)18(25)11-17/h4,8,11-13,16H,3,5-7,9-10,14H2,1-2H3,(H,20,21,22). The topological polar surface area (TPSA) is 63.1 Å². The third-order valence-corrected chi connectivity index (χ3v) is 4.83. The molecular weight excluding hydrogens is 314 g/mol. The Morgan fingerprint density at radius 2 is 1.96 bits per heavy atom. The number of aromatic nitrogens is 3. The molecule has 2 aromatic heterocycles. The summed E-state index contributed by atoms with van der Waals surface area (Å²) in [5.74, 6) is 1.19. The van der Waals surface area contributed by atoms with E-state index in [1.54, 1.807) is 17.7 Å². The maximum absolute atomic E-state index is 11.8. The van der Waals surface area contributed by atoms with Crippen LogP contribution in [0.4, 0.5) is 5.95 Å². The van der Waals surface area contributed by atoms with Crippen molar-refractivity contribution in [3.63, 3.8) is 0 Å². The summed E-state index contributed by atoms with van der Waals surface area (Å²) in [6.45, 7) is 5.98. The molecular formula is C19H27N5O. The molecule has 6 nitrogen and oxygen atoms in total. The molecule has 1 N–H and O–H groups in total. The van der Waals surface area contributed by atoms with Crippen LogP contribution in [0.1, 0.15) is 43.2 Å². The van der Waals surface area contributed by atoms with Crippen molar-refractivity contribution in [3.8, 4) is 0 Å². The van der Waals surface area contributed by atoms with Crippen LogP contribution in [-0.4, -0.2) is 39.1 Å². The van der Waals surface area contributed by atoms with E-state index in [0.29, 0.717) is 11.9 Å². The lowest BCUT2D eigenvalue weighted by Gasteiger charge is -2.32. The van der Waals surface area contributed by atoms with Crippen molar-refractivity contribution in [1.29, 1.82) is 0 Å². The molecule has 1 saturated heterocycles. The number of pyridine rings is 1. The van der Waals surface area contributed by atoms with Gasteiger partial charge in [0, 0.05) is 50.4 Å². The highest BCUT2D eigenvalue weighted by molar-refractivity contribution is 5.24. The first-order valence-corrected chi connectivity index (χ1v) is 9.09. The summed E-state index contributed by atoms with van der Waals surface area (Å²) in [5, 5.41) is 3.19. The van der Waals surface area contributed by atoms with E-state index in [-0.39, 0.29) is 5.56 Å². The van der Waals surface area contributed by atoms with Crippen molar-refractivity contribution in [2.45, 2.75) is 38.6 Å². The summed E-state index contributed by atoms with van der Waals surface area (Å²) < 4.78 is 1.62. The second-order valence-corrected chi connectivity index (χ2v) is 6.80. The first kappa shape index (κ1) is 17.6. The fourth-order valence-corrected chi connectivity index (χ4v) is 3.26. The van der Waals surface area contributed by atoms with Crippen LogP contribution in [0.2, 0.25) is 0 Å². The zero-order valence-electron chi connectivity index (χ0n) is 15.1. The predicted octanol–water partition coefficient (Wildman–Crippen LogP) is 2.38. The number of hydrogen-bond acceptors (Lipinski definition) is 5. The summed E-state index contributed by atoms with van der Waals surface area (Å²) in [7, 11) is 1.79. The molecule has 0 atom stereocenters. The second-order valence-electron chi connectivity index (χ2n) is 6.80. The van der Waals surface area contributed by atoms with Crippen LogP contribution >= 0.6 is 0 Å². The van der Waals surface area contributed by atoms with Gasteiger partial charge in [-0.05, 0) is 49.9 Å². The Labute approximate surface area is 148 Å². The molecule has 1 aliphatic rings. The minimum atomic E-state index is 0.0776. The number of aryl methyl sites for hydroxylation is 1. The summed E-state index contributed by atoms with van der Waals surface area (Å²) in [5.41, 5.74) is 2.40. The van der Waals surface area contributed by atoms with Crippen LogP contribution < -0.4 is 10.9 Å². The second kappa shape index (κ2) is 8.25. The Bertz CT molecular complexity index is 732. The van der Waals surface area contributed by atoms with Gasteiger partial charge in [-0.1, -0.05) is 6.92 Å². The van der Waals surface area contributed by atoms with Gasteiger partial charge in [0.2, 0.25) is 5.95 Å². The molecule has 0 amide bonds. The Hall–Kier alpha value is -2.21. The Kier molecular flexibility index (Phi) is 5.81. The minimum Gasteiger partial charge on any atom is -0.354 e. The van der Waals surface area contributed by atoms with Gasteiger partial charge in [-0.3, -0.25) is 9.69 Å². The average molecular weight is 341 g/mol. The van der Waals surface area contributed by atoms with Crippen molar-refractivity contribution >= 4 is 5.95 Å². The molecule has 0 bridgehead atoms. The molecule has 0 saturated carbocycles. The molecule has 1 fully saturated rings. The van der Waals surface area contributed by atoms with E-state index in [9.17, 15) is 4.79 Å². The normalized spacial score (nSPS) is 16.1. The van der Waals surface area contributed by atoms with Crippen LogP contribution in [0.5, 0.6) is 0 Å². The molecule has 3 heterocycles. The lowest BCUT2D eigenvalue weighted by Crippen LogP contribution is -2.33. The van der Waals surface area contributed by atoms with E-state index in [2.05, 4.69) is 33.2 Å². The van der Waals surface area contributed by atoms with Crippen molar-refractivity contribution in [3.05, 3.63) is 52.2 Å². The maximum Gasteiger partial charge on any atom is 0.250 e. The molecule has 134 valence electrons. The first-order valence-electron chi connectivity index (χ1n) is 9.09. The highest BCUT2D eigenvalue weighted by Gasteiger charge is 2.21. The van der Waals surface area contributed by atoms with E-state index in [1.165, 1.54) is 5.56 Å². The molecule has 3 rings (SSSR count). The number of nitrogens with zero attached hydrogens (tertiary/aromatic N) is 4. The third kappa shape index (κ3) is 4.66. The van der Waals surface area contributed by atoms with E-state index in [4.69, 9.17) is 0 Å². The van der Waals surface area contributed by atoms with Gasteiger partial charge in [-0.15, -0.1) is 0 Å². The van der Waals surface area contributed by atoms with Gasteiger partial charge >= 0.3 is 0 Å². The van der Waals surface area contributed by atoms with Crippen molar-refractivity contribution in [1.82, 2.24) is 19.4 Å². The van der Waals surface area contributed by atoms with Gasteiger partial charge in [0.15, 0.2) is 0 Å². The molecule has 0 aliphatic carbocycles. The van der Waals surface area contributed by atoms with Gasteiger partial charge in [-0.25, -0.2) is 9.97 Å². The monoisotopic (exact) mass is 341 g/mol. The Morgan fingerprint density at radius 3 is 2.60 bits per heavy atom. The molecule has 2 aromatic rings. The SMILES string of the molecule is CCCNc1ncc(CN2CCC(c3ccn(C)c(=O)c3)CC2)cn1. The van der Waals surface area contributed by atoms with E-state index in [0.717, 1.165) is 51.0 Å². The number of rotatable bonds is 6. The van der Waals surface area contributed by atoms with Gasteiger partial charge in [0.05, 0.1) is 0 Å². The number of hydrogen-bond donors (Lipinski definition) is 1. The molecule has 0 unspecified atom stereocenters. The Morgan fingerprint density at radius 1 is 1.24 bits per heavy atom. The maximum atomic E-state index is 11.8. The van der Waals surface area contributed by atoms with Gasteiger partial charge < -0.3 is 9.88 Å². The van der Waals surface area contributed by atoms with Gasteiger partial charge in [0.25, 0.3) is 5.56 Å². The third-order valence-electron chi connectivity index (χ3n) is 4.83. The molecule has 6 heteroatoms. The number of anilines is 1. The Balaban J connectivity index is 1.52. The lowest BCUT2D eigenvalue weighted by molar-refractivity contribution is 0.204. The van der Waals surface area contributed by atoms with E-state index < -0.39 is 0 Å². The minimum absolute atomic E-state index is 0.0776. The van der Waals surface area contributed by atoms with Crippen LogP contribution in [0.25, 0.3) is 0 Å². The highest BCUT2D eigenvalue weighted by atomic mass is 16.1. The number of likely N-dealkylation sites (tertiary alicyclic amines) is 1. The summed E-state index contributed by atoms with van der Waals surface area (Å²) in [4.78, 5) is 23.0. The van der Waals surface area contributed by atoms with Crippen molar-refractivity contribution in [2.75, 3.05) is 25.0 Å². The molecule has 0 spiro atoms. The lowest BCUT2D eigenvalue weighted by atomic mass is 9.90. The summed E-state index contributed by atoms with van der Waals surface area (Å²) in [6, 6.07) is 3.87. The number of piperidine rings is 1. The first-order chi connectivity index (χ1) is 12.2. The summed E-state index contributed by atoms with van der Waals surface area (Å²) in [6.07, 6.45) is 8.94. The molecule has 0 radical (unpaired) electrons. The zero-order valence-corrected chi connectivity index (χ0v) is 15.1. The average Bonchev–Trinajstić information content (AvgIpc) is 2.64. The van der Waals surface area contributed by atoms with Crippen LogP contribution in [-0.2, 0) is 13.6 Å². The van der Waals surface area contributed by atoms with Crippen LogP contribution in [0, 0.1) is 0 Å². The predicted molar refractivity (Wildman–Crippen MR) is 99.7 cm³/mol. The summed E-state index contributed by atoms with van der Waals surface area (Å²) >= 11 is 0. The quantitative estimate of drug-likeness (QED) is 0.874. The number of nitrogens with one attached hydrogen (secondary N) is 1. The smallest absolute Gasteiger partial charge is 0.250 e. The largest absolute Gasteiger partial charge is 0.354 e.